The molecule has 0 spiro atoms. The van der Waals surface area contributed by atoms with E-state index in [1.54, 1.807) is 6.07 Å². The summed E-state index contributed by atoms with van der Waals surface area (Å²) in [5.74, 6) is 1.52. The first-order valence-corrected chi connectivity index (χ1v) is 11.5. The number of benzene rings is 1. The number of nitrogens with one attached hydrogen (secondary N) is 2. The van der Waals surface area contributed by atoms with Crippen molar-refractivity contribution in [2.24, 2.45) is 5.92 Å². The molecule has 1 aromatic carbocycles. The van der Waals surface area contributed by atoms with Crippen molar-refractivity contribution in [1.82, 2.24) is 14.9 Å². The number of aryl methyl sites for hydroxylation is 1. The van der Waals surface area contributed by atoms with Gasteiger partial charge in [0.15, 0.2) is 5.43 Å². The Morgan fingerprint density at radius 1 is 1.22 bits per heavy atom. The van der Waals surface area contributed by atoms with Gasteiger partial charge in [-0.15, -0.1) is 0 Å². The summed E-state index contributed by atoms with van der Waals surface area (Å²) in [6.07, 6.45) is 9.64. The molecule has 0 amide bonds. The fourth-order valence-corrected chi connectivity index (χ4v) is 4.05. The molecule has 2 aromatic heterocycles. The summed E-state index contributed by atoms with van der Waals surface area (Å²) in [4.78, 5) is 18.1. The molecular formula is C27H32N4O. The van der Waals surface area contributed by atoms with Crippen LogP contribution in [-0.2, 0) is 6.54 Å². The van der Waals surface area contributed by atoms with Crippen LogP contribution in [0, 0.1) is 12.8 Å². The number of hydrogen-bond donors (Lipinski definition) is 2. The topological polar surface area (TPSA) is 59.0 Å². The molecule has 0 bridgehead atoms. The number of pyridine rings is 2. The van der Waals surface area contributed by atoms with Crippen LogP contribution < -0.4 is 16.1 Å². The predicted molar refractivity (Wildman–Crippen MR) is 133 cm³/mol. The van der Waals surface area contributed by atoms with Gasteiger partial charge in [-0.05, 0) is 69.8 Å². The summed E-state index contributed by atoms with van der Waals surface area (Å²) in [5, 5.41) is 7.67. The minimum atomic E-state index is -0.0123. The third-order valence-corrected chi connectivity index (χ3v) is 5.68. The Bertz CT molecular complexity index is 1200. The third kappa shape index (κ3) is 5.00. The number of para-hydroxylation sites is 1. The van der Waals surface area contributed by atoms with Gasteiger partial charge < -0.3 is 10.6 Å². The van der Waals surface area contributed by atoms with Gasteiger partial charge in [0, 0.05) is 29.7 Å². The zero-order chi connectivity index (χ0) is 22.5. The SMILES string of the molecule is C/C=C\C(=C/CC)Nc1cc(=O)c2c(CNCC3CC3)nc(C)cc2n1-c1ccccc1. The molecule has 5 nitrogen and oxygen atoms in total. The van der Waals surface area contributed by atoms with Crippen LogP contribution in [0.3, 0.4) is 0 Å². The normalized spacial score (nSPS) is 14.4. The van der Waals surface area contributed by atoms with Crippen molar-refractivity contribution in [3.05, 3.63) is 88.0 Å². The lowest BCUT2D eigenvalue weighted by atomic mass is 10.1. The molecule has 32 heavy (non-hydrogen) atoms. The minimum Gasteiger partial charge on any atom is -0.342 e. The Labute approximate surface area is 189 Å². The van der Waals surface area contributed by atoms with Gasteiger partial charge in [-0.1, -0.05) is 37.3 Å². The van der Waals surface area contributed by atoms with Gasteiger partial charge >= 0.3 is 0 Å². The van der Waals surface area contributed by atoms with Gasteiger partial charge in [0.25, 0.3) is 0 Å². The van der Waals surface area contributed by atoms with Crippen LogP contribution in [0.25, 0.3) is 16.6 Å². The molecule has 1 aliphatic rings. The number of rotatable bonds is 9. The van der Waals surface area contributed by atoms with Crippen molar-refractivity contribution < 1.29 is 0 Å². The molecule has 1 saturated carbocycles. The van der Waals surface area contributed by atoms with Crippen LogP contribution >= 0.6 is 0 Å². The van der Waals surface area contributed by atoms with Crippen molar-refractivity contribution >= 4 is 16.7 Å². The van der Waals surface area contributed by atoms with Crippen LogP contribution in [0.5, 0.6) is 0 Å². The lowest BCUT2D eigenvalue weighted by Gasteiger charge is -2.20. The first-order chi connectivity index (χ1) is 15.6. The molecule has 0 atom stereocenters. The van der Waals surface area contributed by atoms with E-state index < -0.39 is 0 Å². The first kappa shape index (κ1) is 22.0. The molecular weight excluding hydrogens is 396 g/mol. The molecule has 0 radical (unpaired) electrons. The maximum atomic E-state index is 13.4. The van der Waals surface area contributed by atoms with Crippen molar-refractivity contribution in [2.45, 2.75) is 46.6 Å². The largest absolute Gasteiger partial charge is 0.342 e. The van der Waals surface area contributed by atoms with Gasteiger partial charge in [0.2, 0.25) is 0 Å². The lowest BCUT2D eigenvalue weighted by molar-refractivity contribution is 0.632. The Balaban J connectivity index is 1.90. The number of nitrogens with zero attached hydrogens (tertiary/aromatic N) is 2. The number of hydrogen-bond acceptors (Lipinski definition) is 4. The van der Waals surface area contributed by atoms with Crippen molar-refractivity contribution in [1.29, 1.82) is 0 Å². The molecule has 2 heterocycles. The molecule has 0 aliphatic heterocycles. The fraction of sp³-hybridized carbons (Fsp3) is 0.333. The highest BCUT2D eigenvalue weighted by atomic mass is 16.1. The smallest absolute Gasteiger partial charge is 0.193 e. The van der Waals surface area contributed by atoms with Gasteiger partial charge in [0.05, 0.1) is 16.6 Å². The lowest BCUT2D eigenvalue weighted by Crippen LogP contribution is -2.21. The second kappa shape index (κ2) is 9.96. The van der Waals surface area contributed by atoms with E-state index in [2.05, 4.69) is 40.3 Å². The Hall–Kier alpha value is -3.18. The monoisotopic (exact) mass is 428 g/mol. The number of anilines is 1. The van der Waals surface area contributed by atoms with Crippen LogP contribution in [0.1, 0.15) is 44.5 Å². The summed E-state index contributed by atoms with van der Waals surface area (Å²) in [7, 11) is 0. The highest BCUT2D eigenvalue weighted by Crippen LogP contribution is 2.28. The van der Waals surface area contributed by atoms with Crippen LogP contribution in [0.15, 0.2) is 71.2 Å². The average Bonchev–Trinajstić information content (AvgIpc) is 3.59. The fourth-order valence-electron chi connectivity index (χ4n) is 4.05. The van der Waals surface area contributed by atoms with Crippen LogP contribution in [-0.4, -0.2) is 16.1 Å². The molecule has 166 valence electrons. The summed E-state index contributed by atoms with van der Waals surface area (Å²) >= 11 is 0. The Kier molecular flexibility index (Phi) is 6.86. The van der Waals surface area contributed by atoms with Crippen molar-refractivity contribution in [2.75, 3.05) is 11.9 Å². The quantitative estimate of drug-likeness (QED) is 0.443. The van der Waals surface area contributed by atoms with Crippen LogP contribution in [0.2, 0.25) is 0 Å². The molecule has 5 heteroatoms. The van der Waals surface area contributed by atoms with Gasteiger partial charge in [-0.2, -0.15) is 0 Å². The Morgan fingerprint density at radius 3 is 2.69 bits per heavy atom. The molecule has 0 saturated heterocycles. The summed E-state index contributed by atoms with van der Waals surface area (Å²) in [6.45, 7) is 7.67. The second-order valence-electron chi connectivity index (χ2n) is 8.44. The van der Waals surface area contributed by atoms with E-state index in [1.165, 1.54) is 12.8 Å². The highest BCUT2D eigenvalue weighted by Gasteiger charge is 2.21. The van der Waals surface area contributed by atoms with E-state index in [9.17, 15) is 4.79 Å². The van der Waals surface area contributed by atoms with E-state index in [1.807, 2.05) is 50.3 Å². The zero-order valence-corrected chi connectivity index (χ0v) is 19.2. The van der Waals surface area contributed by atoms with E-state index >= 15 is 0 Å². The van der Waals surface area contributed by atoms with Gasteiger partial charge in [-0.25, -0.2) is 0 Å². The summed E-state index contributed by atoms with van der Waals surface area (Å²) in [6, 6.07) is 13.9. The minimum absolute atomic E-state index is 0.0123. The average molecular weight is 429 g/mol. The van der Waals surface area contributed by atoms with E-state index in [0.717, 1.165) is 53.0 Å². The number of allylic oxidation sites excluding steroid dienone is 3. The molecule has 0 unspecified atom stereocenters. The maximum Gasteiger partial charge on any atom is 0.193 e. The Morgan fingerprint density at radius 2 is 2.00 bits per heavy atom. The molecule has 2 N–H and O–H groups in total. The van der Waals surface area contributed by atoms with E-state index in [-0.39, 0.29) is 5.43 Å². The zero-order valence-electron chi connectivity index (χ0n) is 19.2. The molecule has 4 rings (SSSR count). The molecule has 1 fully saturated rings. The van der Waals surface area contributed by atoms with E-state index in [4.69, 9.17) is 4.98 Å². The second-order valence-corrected chi connectivity index (χ2v) is 8.44. The van der Waals surface area contributed by atoms with Gasteiger partial charge in [0.1, 0.15) is 5.82 Å². The molecule has 1 aliphatic carbocycles. The van der Waals surface area contributed by atoms with Crippen molar-refractivity contribution in [3.63, 3.8) is 0 Å². The van der Waals surface area contributed by atoms with Gasteiger partial charge in [-0.3, -0.25) is 14.3 Å². The number of fused-ring (bicyclic) bond motifs is 1. The third-order valence-electron chi connectivity index (χ3n) is 5.68. The molecule has 3 aromatic rings. The summed E-state index contributed by atoms with van der Waals surface area (Å²) < 4.78 is 2.13. The standard InChI is InChI=1S/C27H32N4O/c1-4-9-21(10-5-2)30-26-16-25(32)27-23(18-28-17-20-13-14-20)29-19(3)15-24(27)31(26)22-11-7-6-8-12-22/h4,6-12,15-16,20,28,30H,5,13-14,17-18H2,1-3H3/b9-4-,21-10+. The number of aromatic nitrogens is 2. The highest BCUT2D eigenvalue weighted by molar-refractivity contribution is 5.86. The van der Waals surface area contributed by atoms with Crippen molar-refractivity contribution in [3.8, 4) is 5.69 Å². The maximum absolute atomic E-state index is 13.4. The summed E-state index contributed by atoms with van der Waals surface area (Å²) in [5.41, 5.74) is 4.55. The first-order valence-electron chi connectivity index (χ1n) is 11.5. The van der Waals surface area contributed by atoms with Crippen LogP contribution in [0.4, 0.5) is 5.82 Å². The predicted octanol–water partition coefficient (Wildman–Crippen LogP) is 5.48. The van der Waals surface area contributed by atoms with E-state index in [0.29, 0.717) is 11.9 Å².